The van der Waals surface area contributed by atoms with E-state index in [0.29, 0.717) is 11.3 Å². The van der Waals surface area contributed by atoms with Crippen molar-refractivity contribution >= 4 is 35.5 Å². The number of amides is 1. The quantitative estimate of drug-likeness (QED) is 0.146. The number of carboxylic acid groups (broad SMARTS) is 2. The summed E-state index contributed by atoms with van der Waals surface area (Å²) in [6, 6.07) is 7.71. The third-order valence-electron chi connectivity index (χ3n) is 4.91. The SMILES string of the molecule is NC(N)=Nc1ccc2c(c1)OCCOc1cc(CCC(=O)N[C@@H](CC(=O)O)C(=O)O)ccc1OC2=O. The highest BCUT2D eigenvalue weighted by atomic mass is 16.6. The number of nitrogens with two attached hydrogens (primary N) is 2. The number of fused-ring (bicyclic) bond motifs is 2. The first-order chi connectivity index (χ1) is 17.1. The minimum Gasteiger partial charge on any atom is -0.489 e. The van der Waals surface area contributed by atoms with Crippen LogP contribution in [-0.2, 0) is 20.8 Å². The Morgan fingerprint density at radius 1 is 1.00 bits per heavy atom. The second-order valence-electron chi connectivity index (χ2n) is 7.64. The molecule has 2 aromatic carbocycles. The molecule has 0 unspecified atom stereocenters. The molecule has 1 aliphatic heterocycles. The molecule has 0 saturated carbocycles. The zero-order valence-corrected chi connectivity index (χ0v) is 18.9. The molecule has 0 aliphatic carbocycles. The number of carboxylic acids is 2. The van der Waals surface area contributed by atoms with Crippen LogP contribution in [0.2, 0.25) is 0 Å². The van der Waals surface area contributed by atoms with Gasteiger partial charge in [0.2, 0.25) is 5.91 Å². The number of aryl methyl sites for hydroxylation is 1. The molecule has 13 heteroatoms. The second kappa shape index (κ2) is 11.6. The highest BCUT2D eigenvalue weighted by Crippen LogP contribution is 2.33. The van der Waals surface area contributed by atoms with Gasteiger partial charge in [0, 0.05) is 12.5 Å². The molecule has 7 N–H and O–H groups in total. The molecule has 3 rings (SSSR count). The lowest BCUT2D eigenvalue weighted by molar-refractivity contribution is -0.147. The number of guanidine groups is 1. The smallest absolute Gasteiger partial charge is 0.347 e. The maximum Gasteiger partial charge on any atom is 0.347 e. The van der Waals surface area contributed by atoms with Gasteiger partial charge in [0.15, 0.2) is 17.5 Å². The summed E-state index contributed by atoms with van der Waals surface area (Å²) in [5.74, 6) is -3.63. The van der Waals surface area contributed by atoms with Gasteiger partial charge in [-0.05, 0) is 36.2 Å². The predicted octanol–water partition coefficient (Wildman–Crippen LogP) is 0.559. The molecular formula is C23H24N4O9. The number of carbonyl (C=O) groups is 4. The minimum atomic E-state index is -1.53. The fourth-order valence-electron chi connectivity index (χ4n) is 3.28. The van der Waals surface area contributed by atoms with Gasteiger partial charge >= 0.3 is 17.9 Å². The molecule has 36 heavy (non-hydrogen) atoms. The summed E-state index contributed by atoms with van der Waals surface area (Å²) in [5.41, 5.74) is 12.0. The van der Waals surface area contributed by atoms with E-state index in [1.54, 1.807) is 12.1 Å². The summed E-state index contributed by atoms with van der Waals surface area (Å²) >= 11 is 0. The maximum absolute atomic E-state index is 12.8. The number of nitrogens with one attached hydrogen (secondary N) is 1. The number of ether oxygens (including phenoxy) is 3. The Hall–Kier alpha value is -4.81. The average Bonchev–Trinajstić information content (AvgIpc) is 2.80. The number of hydrogen-bond acceptors (Lipinski definition) is 8. The van der Waals surface area contributed by atoms with E-state index in [-0.39, 0.29) is 54.8 Å². The fourth-order valence-corrected chi connectivity index (χ4v) is 3.28. The topological polar surface area (TPSA) is 213 Å². The summed E-state index contributed by atoms with van der Waals surface area (Å²) in [6.07, 6.45) is -0.640. The summed E-state index contributed by atoms with van der Waals surface area (Å²) in [5, 5.41) is 20.0. The number of benzene rings is 2. The van der Waals surface area contributed by atoms with E-state index >= 15 is 0 Å². The van der Waals surface area contributed by atoms with Crippen LogP contribution in [0.15, 0.2) is 41.4 Å². The Balaban J connectivity index is 1.71. The lowest BCUT2D eigenvalue weighted by atomic mass is 10.1. The van der Waals surface area contributed by atoms with E-state index in [1.165, 1.54) is 24.3 Å². The Bertz CT molecular complexity index is 1210. The minimum absolute atomic E-state index is 0.0950. The molecule has 13 nitrogen and oxygen atoms in total. The Kier molecular flexibility index (Phi) is 8.28. The van der Waals surface area contributed by atoms with Crippen molar-refractivity contribution in [1.29, 1.82) is 0 Å². The van der Waals surface area contributed by atoms with Crippen molar-refractivity contribution < 1.29 is 43.6 Å². The molecule has 0 fully saturated rings. The number of carbonyl (C=O) groups excluding carboxylic acids is 2. The third-order valence-corrected chi connectivity index (χ3v) is 4.91. The van der Waals surface area contributed by atoms with Gasteiger partial charge < -0.3 is 41.2 Å². The molecular weight excluding hydrogens is 476 g/mol. The van der Waals surface area contributed by atoms with Crippen molar-refractivity contribution in [1.82, 2.24) is 5.32 Å². The van der Waals surface area contributed by atoms with Crippen LogP contribution in [0, 0.1) is 0 Å². The number of hydrogen-bond donors (Lipinski definition) is 5. The van der Waals surface area contributed by atoms with Crippen LogP contribution >= 0.6 is 0 Å². The Morgan fingerprint density at radius 2 is 1.72 bits per heavy atom. The van der Waals surface area contributed by atoms with Crippen molar-refractivity contribution in [3.63, 3.8) is 0 Å². The van der Waals surface area contributed by atoms with Gasteiger partial charge in [-0.1, -0.05) is 6.07 Å². The lowest BCUT2D eigenvalue weighted by Crippen LogP contribution is -2.42. The standard InChI is InChI=1S/C23H24N4O9/c24-23(25)26-13-3-4-14-17(10-13)34-7-8-35-18-9-12(1-5-16(18)36-22(14)33)2-6-19(28)27-15(21(31)32)11-20(29)30/h1,3-5,9-10,15H,2,6-8,11H2,(H,27,28)(H,29,30)(H,31,32)(H4,24,25,26)/t15-/m0/s1. The average molecular weight is 500 g/mol. The van der Waals surface area contributed by atoms with Gasteiger partial charge in [-0.25, -0.2) is 14.6 Å². The number of aliphatic imine (C=N–C) groups is 1. The molecule has 190 valence electrons. The molecule has 0 bridgehead atoms. The molecule has 1 amide bonds. The van der Waals surface area contributed by atoms with E-state index in [0.717, 1.165) is 0 Å². The van der Waals surface area contributed by atoms with Gasteiger partial charge in [0.25, 0.3) is 0 Å². The normalized spacial score (nSPS) is 13.4. The monoisotopic (exact) mass is 500 g/mol. The van der Waals surface area contributed by atoms with Gasteiger partial charge in [-0.15, -0.1) is 0 Å². The summed E-state index contributed by atoms with van der Waals surface area (Å²) in [7, 11) is 0. The first-order valence-electron chi connectivity index (χ1n) is 10.7. The van der Waals surface area contributed by atoms with Crippen LogP contribution in [0.3, 0.4) is 0 Å². The maximum atomic E-state index is 12.8. The third kappa shape index (κ3) is 7.09. The largest absolute Gasteiger partial charge is 0.489 e. The molecule has 1 aliphatic rings. The van der Waals surface area contributed by atoms with Crippen molar-refractivity contribution in [2.75, 3.05) is 13.2 Å². The first kappa shape index (κ1) is 25.8. The molecule has 0 aromatic heterocycles. The first-order valence-corrected chi connectivity index (χ1v) is 10.7. The molecule has 1 atom stereocenters. The van der Waals surface area contributed by atoms with Crippen LogP contribution in [0.1, 0.15) is 28.8 Å². The van der Waals surface area contributed by atoms with Crippen molar-refractivity contribution in [2.45, 2.75) is 25.3 Å². The van der Waals surface area contributed by atoms with Crippen LogP contribution in [0.25, 0.3) is 0 Å². The van der Waals surface area contributed by atoms with Crippen LogP contribution in [-0.4, -0.2) is 59.2 Å². The van der Waals surface area contributed by atoms with Gasteiger partial charge in [0.05, 0.1) is 12.1 Å². The van der Waals surface area contributed by atoms with E-state index in [2.05, 4.69) is 10.3 Å². The highest BCUT2D eigenvalue weighted by Gasteiger charge is 2.23. The van der Waals surface area contributed by atoms with Crippen LogP contribution < -0.4 is 31.0 Å². The Labute approximate surface area is 204 Å². The number of esters is 1. The molecule has 1 heterocycles. The number of rotatable bonds is 8. The zero-order valence-electron chi connectivity index (χ0n) is 18.9. The van der Waals surface area contributed by atoms with E-state index in [1.807, 2.05) is 0 Å². The Morgan fingerprint density at radius 3 is 2.39 bits per heavy atom. The van der Waals surface area contributed by atoms with Crippen molar-refractivity contribution in [3.05, 3.63) is 47.5 Å². The van der Waals surface area contributed by atoms with Crippen molar-refractivity contribution in [2.24, 2.45) is 16.5 Å². The lowest BCUT2D eigenvalue weighted by Gasteiger charge is -2.18. The van der Waals surface area contributed by atoms with Gasteiger partial charge in [-0.3, -0.25) is 9.59 Å². The van der Waals surface area contributed by atoms with Crippen molar-refractivity contribution in [3.8, 4) is 17.2 Å². The predicted molar refractivity (Wildman–Crippen MR) is 124 cm³/mol. The summed E-state index contributed by atoms with van der Waals surface area (Å²) in [6.45, 7) is 0.202. The molecule has 2 aromatic rings. The second-order valence-corrected chi connectivity index (χ2v) is 7.64. The van der Waals surface area contributed by atoms with E-state index < -0.39 is 36.3 Å². The summed E-state index contributed by atoms with van der Waals surface area (Å²) in [4.78, 5) is 50.7. The zero-order chi connectivity index (χ0) is 26.2. The van der Waals surface area contributed by atoms with Crippen LogP contribution in [0.5, 0.6) is 17.2 Å². The highest BCUT2D eigenvalue weighted by molar-refractivity contribution is 5.95. The van der Waals surface area contributed by atoms with E-state index in [9.17, 15) is 19.2 Å². The number of nitrogens with zero attached hydrogens (tertiary/aromatic N) is 1. The van der Waals surface area contributed by atoms with Gasteiger partial charge in [0.1, 0.15) is 30.6 Å². The summed E-state index contributed by atoms with van der Waals surface area (Å²) < 4.78 is 16.8. The van der Waals surface area contributed by atoms with E-state index in [4.69, 9.17) is 35.9 Å². The number of aliphatic carboxylic acids is 2. The van der Waals surface area contributed by atoms with Gasteiger partial charge in [-0.2, -0.15) is 0 Å². The molecule has 0 radical (unpaired) electrons. The molecule has 0 saturated heterocycles. The fraction of sp³-hybridized carbons (Fsp3) is 0.261. The molecule has 0 spiro atoms. The van der Waals surface area contributed by atoms with Crippen LogP contribution in [0.4, 0.5) is 5.69 Å².